The maximum atomic E-state index is 13.3. The summed E-state index contributed by atoms with van der Waals surface area (Å²) in [7, 11) is 0. The average Bonchev–Trinajstić information content (AvgIpc) is 2.28. The second kappa shape index (κ2) is 5.86. The molecule has 0 aliphatic rings. The Morgan fingerprint density at radius 1 is 1.59 bits per heavy atom. The van der Waals surface area contributed by atoms with Crippen LogP contribution in [0.15, 0.2) is 6.20 Å². The van der Waals surface area contributed by atoms with Gasteiger partial charge in [-0.1, -0.05) is 0 Å². The Hall–Kier alpha value is -1.30. The van der Waals surface area contributed by atoms with Gasteiger partial charge in [0.1, 0.15) is 5.56 Å². The lowest BCUT2D eigenvalue weighted by Crippen LogP contribution is -2.14. The van der Waals surface area contributed by atoms with Crippen LogP contribution in [0.1, 0.15) is 34.8 Å². The van der Waals surface area contributed by atoms with Crippen molar-refractivity contribution < 1.29 is 22.7 Å². The van der Waals surface area contributed by atoms with Crippen molar-refractivity contribution in [3.63, 3.8) is 0 Å². The molecule has 0 unspecified atom stereocenters. The van der Waals surface area contributed by atoms with E-state index in [0.29, 0.717) is 6.20 Å². The van der Waals surface area contributed by atoms with Gasteiger partial charge in [0.05, 0.1) is 6.61 Å². The fourth-order valence-corrected chi connectivity index (χ4v) is 1.57. The minimum absolute atomic E-state index is 0.00109. The number of carbonyl (C=O) groups excluding carboxylic acids is 1. The first-order valence-electron chi connectivity index (χ1n) is 4.71. The van der Waals surface area contributed by atoms with E-state index < -0.39 is 35.3 Å². The Bertz CT molecular complexity index is 426. The van der Waals surface area contributed by atoms with Gasteiger partial charge in [-0.25, -0.2) is 18.6 Å². The third-order valence-corrected chi connectivity index (χ3v) is 2.29. The molecular weight excluding hydrogens is 259 g/mol. The summed E-state index contributed by atoms with van der Waals surface area (Å²) in [6.45, 7) is 1.51. The molecule has 0 aromatic carbocycles. The predicted molar refractivity (Wildman–Crippen MR) is 54.7 cm³/mol. The first-order valence-corrected chi connectivity index (χ1v) is 5.24. The molecule has 0 aliphatic carbocycles. The summed E-state index contributed by atoms with van der Waals surface area (Å²) in [5.41, 5.74) is -1.48. The smallest absolute Gasteiger partial charge is 0.343 e. The molecule has 0 fully saturated rings. The maximum Gasteiger partial charge on any atom is 0.343 e. The van der Waals surface area contributed by atoms with E-state index in [1.807, 2.05) is 0 Å². The van der Waals surface area contributed by atoms with Crippen molar-refractivity contribution in [1.82, 2.24) is 4.98 Å². The Morgan fingerprint density at radius 3 is 2.71 bits per heavy atom. The monoisotopic (exact) mass is 267 g/mol. The second-order valence-corrected chi connectivity index (χ2v) is 3.28. The molecule has 1 heterocycles. The zero-order valence-electron chi connectivity index (χ0n) is 8.84. The average molecular weight is 268 g/mol. The molecule has 0 bridgehead atoms. The minimum Gasteiger partial charge on any atom is -0.462 e. The van der Waals surface area contributed by atoms with Crippen LogP contribution in [-0.4, -0.2) is 17.6 Å². The summed E-state index contributed by atoms with van der Waals surface area (Å²) in [4.78, 5) is 14.5. The molecule has 0 saturated heterocycles. The van der Waals surface area contributed by atoms with E-state index in [9.17, 15) is 18.0 Å². The van der Waals surface area contributed by atoms with E-state index in [-0.39, 0.29) is 12.2 Å². The van der Waals surface area contributed by atoms with Gasteiger partial charge >= 0.3 is 5.97 Å². The third-order valence-electron chi connectivity index (χ3n) is 2.02. The molecular formula is C10H9ClF3NO2. The van der Waals surface area contributed by atoms with Gasteiger partial charge in [-0.2, -0.15) is 4.39 Å². The standard InChI is InChI=1S/C10H9ClF3NO2/c1-2-17-10(16)7-5(3-11)6(8(12)13)4-15-9(7)14/h4,8H,2-3H2,1H3. The van der Waals surface area contributed by atoms with Crippen LogP contribution in [0.2, 0.25) is 0 Å². The Balaban J connectivity index is 3.35. The van der Waals surface area contributed by atoms with Gasteiger partial charge < -0.3 is 4.74 Å². The number of hydrogen-bond donors (Lipinski definition) is 0. The van der Waals surface area contributed by atoms with Crippen LogP contribution in [0.3, 0.4) is 0 Å². The van der Waals surface area contributed by atoms with Crippen molar-refractivity contribution in [2.24, 2.45) is 0 Å². The fraction of sp³-hybridized carbons (Fsp3) is 0.400. The van der Waals surface area contributed by atoms with Crippen LogP contribution in [0, 0.1) is 5.95 Å². The van der Waals surface area contributed by atoms with Crippen molar-refractivity contribution in [1.29, 1.82) is 0 Å². The molecule has 0 spiro atoms. The van der Waals surface area contributed by atoms with E-state index in [1.165, 1.54) is 6.92 Å². The van der Waals surface area contributed by atoms with E-state index >= 15 is 0 Å². The Labute approximate surface area is 101 Å². The van der Waals surface area contributed by atoms with Crippen LogP contribution in [0.5, 0.6) is 0 Å². The maximum absolute atomic E-state index is 13.3. The number of halogens is 4. The molecule has 7 heteroatoms. The molecule has 1 aromatic rings. The quantitative estimate of drug-likeness (QED) is 0.478. The Morgan fingerprint density at radius 2 is 2.24 bits per heavy atom. The van der Waals surface area contributed by atoms with Crippen molar-refractivity contribution in [3.8, 4) is 0 Å². The van der Waals surface area contributed by atoms with Crippen molar-refractivity contribution >= 4 is 17.6 Å². The molecule has 0 saturated carbocycles. The number of pyridine rings is 1. The lowest BCUT2D eigenvalue weighted by molar-refractivity contribution is 0.0518. The number of hydrogen-bond acceptors (Lipinski definition) is 3. The number of rotatable bonds is 4. The lowest BCUT2D eigenvalue weighted by Gasteiger charge is -2.11. The molecule has 17 heavy (non-hydrogen) atoms. The summed E-state index contributed by atoms with van der Waals surface area (Å²) in [6.07, 6.45) is -2.22. The number of aromatic nitrogens is 1. The number of carbonyl (C=O) groups is 1. The molecule has 0 atom stereocenters. The highest BCUT2D eigenvalue weighted by atomic mass is 35.5. The molecule has 0 N–H and O–H groups in total. The van der Waals surface area contributed by atoms with Crippen LogP contribution >= 0.6 is 11.6 Å². The van der Waals surface area contributed by atoms with Gasteiger partial charge in [-0.05, 0) is 12.5 Å². The van der Waals surface area contributed by atoms with Crippen LogP contribution < -0.4 is 0 Å². The summed E-state index contributed by atoms with van der Waals surface area (Å²) < 4.78 is 43.1. The fourth-order valence-electron chi connectivity index (χ4n) is 1.28. The van der Waals surface area contributed by atoms with Crippen LogP contribution in [-0.2, 0) is 10.6 Å². The highest BCUT2D eigenvalue weighted by molar-refractivity contribution is 6.17. The molecule has 0 radical (unpaired) electrons. The summed E-state index contributed by atoms with van der Waals surface area (Å²) in [5, 5.41) is 0. The van der Waals surface area contributed by atoms with Crippen molar-refractivity contribution in [2.75, 3.05) is 6.61 Å². The number of nitrogens with zero attached hydrogens (tertiary/aromatic N) is 1. The van der Waals surface area contributed by atoms with E-state index in [0.717, 1.165) is 0 Å². The molecule has 0 amide bonds. The van der Waals surface area contributed by atoms with Crippen LogP contribution in [0.25, 0.3) is 0 Å². The van der Waals surface area contributed by atoms with Gasteiger partial charge in [0, 0.05) is 17.6 Å². The first kappa shape index (κ1) is 13.8. The predicted octanol–water partition coefficient (Wildman–Crippen LogP) is 3.07. The number of ether oxygens (including phenoxy) is 1. The zero-order chi connectivity index (χ0) is 13.0. The molecule has 1 aromatic heterocycles. The summed E-state index contributed by atoms with van der Waals surface area (Å²) in [5.74, 6) is -2.63. The van der Waals surface area contributed by atoms with Gasteiger partial charge in [0.2, 0.25) is 5.95 Å². The molecule has 0 aliphatic heterocycles. The lowest BCUT2D eigenvalue weighted by atomic mass is 10.1. The van der Waals surface area contributed by atoms with E-state index in [1.54, 1.807) is 0 Å². The molecule has 1 rings (SSSR count). The van der Waals surface area contributed by atoms with E-state index in [4.69, 9.17) is 11.6 Å². The van der Waals surface area contributed by atoms with Crippen molar-refractivity contribution in [3.05, 3.63) is 28.8 Å². The largest absolute Gasteiger partial charge is 0.462 e. The number of esters is 1. The zero-order valence-corrected chi connectivity index (χ0v) is 9.60. The normalized spacial score (nSPS) is 10.7. The number of alkyl halides is 3. The van der Waals surface area contributed by atoms with Crippen LogP contribution in [0.4, 0.5) is 13.2 Å². The summed E-state index contributed by atoms with van der Waals surface area (Å²) >= 11 is 5.46. The minimum atomic E-state index is -2.88. The van der Waals surface area contributed by atoms with Gasteiger partial charge in [0.15, 0.2) is 0 Å². The van der Waals surface area contributed by atoms with Gasteiger partial charge in [0.25, 0.3) is 6.43 Å². The topological polar surface area (TPSA) is 39.2 Å². The van der Waals surface area contributed by atoms with Gasteiger partial charge in [-0.15, -0.1) is 11.6 Å². The molecule has 94 valence electrons. The SMILES string of the molecule is CCOC(=O)c1c(F)ncc(C(F)F)c1CCl. The summed E-state index contributed by atoms with van der Waals surface area (Å²) in [6, 6.07) is 0. The highest BCUT2D eigenvalue weighted by Gasteiger charge is 2.25. The van der Waals surface area contributed by atoms with Crippen molar-refractivity contribution in [2.45, 2.75) is 19.2 Å². The molecule has 3 nitrogen and oxygen atoms in total. The Kier molecular flexibility index (Phi) is 4.74. The first-order chi connectivity index (χ1) is 8.02. The van der Waals surface area contributed by atoms with Gasteiger partial charge in [-0.3, -0.25) is 0 Å². The van der Waals surface area contributed by atoms with E-state index in [2.05, 4.69) is 9.72 Å². The second-order valence-electron chi connectivity index (χ2n) is 3.01. The third kappa shape index (κ3) is 2.88. The highest BCUT2D eigenvalue weighted by Crippen LogP contribution is 2.27.